The molecule has 25 heavy (non-hydrogen) atoms. The lowest BCUT2D eigenvalue weighted by molar-refractivity contribution is -0.384. The minimum absolute atomic E-state index is 0. The van der Waals surface area contributed by atoms with Crippen LogP contribution in [0.5, 0.6) is 0 Å². The third-order valence-corrected chi connectivity index (χ3v) is 4.39. The number of hydrogen-bond acceptors (Lipinski definition) is 5. The van der Waals surface area contributed by atoms with E-state index in [1.807, 2.05) is 0 Å². The minimum atomic E-state index is -0.533. The van der Waals surface area contributed by atoms with Crippen molar-refractivity contribution in [1.82, 2.24) is 10.3 Å². The Labute approximate surface area is 149 Å². The summed E-state index contributed by atoms with van der Waals surface area (Å²) in [6.07, 6.45) is 3.25. The summed E-state index contributed by atoms with van der Waals surface area (Å²) in [5.74, 6) is -0.396. The number of carbonyl (C=O) groups excluding carboxylic acids is 1. The molecule has 3 rings (SSSR count). The van der Waals surface area contributed by atoms with Gasteiger partial charge in [0.25, 0.3) is 11.6 Å². The Morgan fingerprint density at radius 2 is 1.92 bits per heavy atom. The van der Waals surface area contributed by atoms with Crippen LogP contribution in [0.25, 0.3) is 10.9 Å². The number of nitrogens with zero attached hydrogens (tertiary/aromatic N) is 1. The summed E-state index contributed by atoms with van der Waals surface area (Å²) in [5, 5.41) is 14.2. The molecule has 0 atom stereocenters. The van der Waals surface area contributed by atoms with E-state index >= 15 is 0 Å². The fourth-order valence-corrected chi connectivity index (χ4v) is 3.07. The van der Waals surface area contributed by atoms with Gasteiger partial charge in [0.15, 0.2) is 0 Å². The van der Waals surface area contributed by atoms with Crippen molar-refractivity contribution in [3.8, 4) is 0 Å². The predicted molar refractivity (Wildman–Crippen MR) is 96.2 cm³/mol. The normalized spacial score (nSPS) is 19.9. The van der Waals surface area contributed by atoms with Crippen molar-refractivity contribution in [2.24, 2.45) is 5.73 Å². The van der Waals surface area contributed by atoms with Crippen LogP contribution in [0.3, 0.4) is 0 Å². The maximum atomic E-state index is 12.6. The number of rotatable bonds is 3. The Kier molecular flexibility index (Phi) is 5.76. The maximum Gasteiger partial charge on any atom is 0.270 e. The van der Waals surface area contributed by atoms with Crippen molar-refractivity contribution in [2.45, 2.75) is 37.8 Å². The van der Waals surface area contributed by atoms with Gasteiger partial charge in [0.2, 0.25) is 5.56 Å². The second-order valence-corrected chi connectivity index (χ2v) is 6.12. The third kappa shape index (κ3) is 4.15. The van der Waals surface area contributed by atoms with E-state index in [2.05, 4.69) is 10.3 Å². The highest BCUT2D eigenvalue weighted by molar-refractivity contribution is 6.06. The number of aromatic amines is 1. The first-order chi connectivity index (χ1) is 11.4. The highest BCUT2D eigenvalue weighted by Gasteiger charge is 2.22. The summed E-state index contributed by atoms with van der Waals surface area (Å²) in [6, 6.07) is 5.38. The molecular weight excluding hydrogens is 348 g/mol. The fraction of sp³-hybridized carbons (Fsp3) is 0.375. The van der Waals surface area contributed by atoms with Gasteiger partial charge >= 0.3 is 0 Å². The van der Waals surface area contributed by atoms with Gasteiger partial charge in [-0.05, 0) is 31.7 Å². The molecule has 1 aliphatic carbocycles. The molecule has 2 aromatic rings. The van der Waals surface area contributed by atoms with Gasteiger partial charge in [0, 0.05) is 41.2 Å². The second kappa shape index (κ2) is 7.62. The van der Waals surface area contributed by atoms with Crippen molar-refractivity contribution in [1.29, 1.82) is 0 Å². The molecule has 1 amide bonds. The zero-order valence-electron chi connectivity index (χ0n) is 13.4. The van der Waals surface area contributed by atoms with Crippen LogP contribution in [-0.2, 0) is 0 Å². The van der Waals surface area contributed by atoms with Gasteiger partial charge in [-0.1, -0.05) is 0 Å². The molecule has 0 bridgehead atoms. The van der Waals surface area contributed by atoms with E-state index < -0.39 is 16.4 Å². The average molecular weight is 367 g/mol. The van der Waals surface area contributed by atoms with Crippen LogP contribution < -0.4 is 16.6 Å². The van der Waals surface area contributed by atoms with E-state index in [9.17, 15) is 19.7 Å². The van der Waals surface area contributed by atoms with Gasteiger partial charge in [0.05, 0.1) is 10.5 Å². The Morgan fingerprint density at radius 1 is 1.24 bits per heavy atom. The molecule has 134 valence electrons. The number of nitro groups is 1. The Morgan fingerprint density at radius 3 is 2.56 bits per heavy atom. The Balaban J connectivity index is 0.00000225. The number of non-ortho nitro benzene ring substituents is 1. The zero-order chi connectivity index (χ0) is 17.3. The van der Waals surface area contributed by atoms with Crippen LogP contribution >= 0.6 is 12.4 Å². The first-order valence-corrected chi connectivity index (χ1v) is 7.82. The summed E-state index contributed by atoms with van der Waals surface area (Å²) in [6.45, 7) is 0. The van der Waals surface area contributed by atoms with Gasteiger partial charge < -0.3 is 16.0 Å². The topological polar surface area (TPSA) is 131 Å². The highest BCUT2D eigenvalue weighted by atomic mass is 35.5. The molecule has 1 heterocycles. The van der Waals surface area contributed by atoms with Gasteiger partial charge in [0.1, 0.15) is 0 Å². The number of halogens is 1. The highest BCUT2D eigenvalue weighted by Crippen LogP contribution is 2.23. The largest absolute Gasteiger partial charge is 0.349 e. The number of fused-ring (bicyclic) bond motifs is 1. The first kappa shape index (κ1) is 18.9. The maximum absolute atomic E-state index is 12.6. The molecule has 9 heteroatoms. The standard InChI is InChI=1S/C16H18N4O4.ClH/c17-9-1-3-10(4-2-9)18-16(22)13-8-15(21)19-14-6-5-11(20(23)24)7-12(13)14;/h5-10H,1-4,17H2,(H,18,22)(H,19,21);1H. The van der Waals surface area contributed by atoms with E-state index in [4.69, 9.17) is 5.73 Å². The molecule has 1 aliphatic rings. The molecule has 0 unspecified atom stereocenters. The van der Waals surface area contributed by atoms with E-state index in [1.165, 1.54) is 24.3 Å². The van der Waals surface area contributed by atoms with Gasteiger partial charge in [-0.15, -0.1) is 12.4 Å². The molecule has 8 nitrogen and oxygen atoms in total. The van der Waals surface area contributed by atoms with Crippen LogP contribution in [-0.4, -0.2) is 27.9 Å². The molecule has 0 saturated heterocycles. The van der Waals surface area contributed by atoms with Crippen LogP contribution in [0, 0.1) is 10.1 Å². The van der Waals surface area contributed by atoms with Gasteiger partial charge in [-0.2, -0.15) is 0 Å². The quantitative estimate of drug-likeness (QED) is 0.563. The van der Waals surface area contributed by atoms with Gasteiger partial charge in [-0.3, -0.25) is 19.7 Å². The first-order valence-electron chi connectivity index (χ1n) is 7.82. The number of amides is 1. The summed E-state index contributed by atoms with van der Waals surface area (Å²) >= 11 is 0. The molecule has 1 aromatic heterocycles. The summed E-state index contributed by atoms with van der Waals surface area (Å²) < 4.78 is 0. The number of aromatic nitrogens is 1. The number of H-pyrrole nitrogens is 1. The van der Waals surface area contributed by atoms with Crippen LogP contribution in [0.1, 0.15) is 36.0 Å². The van der Waals surface area contributed by atoms with E-state index in [1.54, 1.807) is 0 Å². The SMILES string of the molecule is Cl.NC1CCC(NC(=O)c2cc(=O)[nH]c3ccc([N+](=O)[O-])cc23)CC1. The van der Waals surface area contributed by atoms with Gasteiger partial charge in [-0.25, -0.2) is 0 Å². The van der Waals surface area contributed by atoms with Crippen LogP contribution in [0.4, 0.5) is 5.69 Å². The smallest absolute Gasteiger partial charge is 0.270 e. The third-order valence-electron chi connectivity index (χ3n) is 4.39. The molecule has 1 aromatic carbocycles. The van der Waals surface area contributed by atoms with Crippen molar-refractivity contribution in [3.05, 3.63) is 50.3 Å². The van der Waals surface area contributed by atoms with Crippen LogP contribution in [0.2, 0.25) is 0 Å². The predicted octanol–water partition coefficient (Wildman–Crippen LogP) is 1.86. The number of pyridine rings is 1. The summed E-state index contributed by atoms with van der Waals surface area (Å²) in [5.41, 5.74) is 5.84. The monoisotopic (exact) mass is 366 g/mol. The van der Waals surface area contributed by atoms with Crippen molar-refractivity contribution < 1.29 is 9.72 Å². The lowest BCUT2D eigenvalue weighted by Crippen LogP contribution is -2.40. The molecule has 1 fully saturated rings. The fourth-order valence-electron chi connectivity index (χ4n) is 3.07. The second-order valence-electron chi connectivity index (χ2n) is 6.12. The van der Waals surface area contributed by atoms with Crippen molar-refractivity contribution in [3.63, 3.8) is 0 Å². The molecule has 4 N–H and O–H groups in total. The number of nitrogens with two attached hydrogens (primary N) is 1. The number of benzene rings is 1. The Bertz CT molecular complexity index is 859. The number of nitrogens with one attached hydrogen (secondary N) is 2. The van der Waals surface area contributed by atoms with E-state index in [0.29, 0.717) is 10.9 Å². The minimum Gasteiger partial charge on any atom is -0.349 e. The molecule has 0 radical (unpaired) electrons. The number of nitro benzene ring substituents is 1. The van der Waals surface area contributed by atoms with Crippen molar-refractivity contribution >= 4 is 34.9 Å². The summed E-state index contributed by atoms with van der Waals surface area (Å²) in [4.78, 5) is 37.4. The van der Waals surface area contributed by atoms with Crippen LogP contribution in [0.15, 0.2) is 29.1 Å². The lowest BCUT2D eigenvalue weighted by Gasteiger charge is -2.26. The number of hydrogen-bond donors (Lipinski definition) is 3. The van der Waals surface area contributed by atoms with Crippen molar-refractivity contribution in [2.75, 3.05) is 0 Å². The lowest BCUT2D eigenvalue weighted by atomic mass is 9.91. The Hall–Kier alpha value is -2.45. The average Bonchev–Trinajstić information content (AvgIpc) is 2.55. The van der Waals surface area contributed by atoms with E-state index in [0.717, 1.165) is 25.7 Å². The number of carbonyl (C=O) groups is 1. The molecular formula is C16H19ClN4O4. The molecule has 0 spiro atoms. The van der Waals surface area contributed by atoms with E-state index in [-0.39, 0.29) is 35.7 Å². The molecule has 0 aliphatic heterocycles. The summed E-state index contributed by atoms with van der Waals surface area (Å²) in [7, 11) is 0. The molecule has 1 saturated carbocycles. The zero-order valence-corrected chi connectivity index (χ0v) is 14.2.